The van der Waals surface area contributed by atoms with Gasteiger partial charge in [-0.3, -0.25) is 4.90 Å². The summed E-state index contributed by atoms with van der Waals surface area (Å²) < 4.78 is 25.3. The summed E-state index contributed by atoms with van der Waals surface area (Å²) in [5.41, 5.74) is 0. The molecule has 15 heavy (non-hydrogen) atoms. The van der Waals surface area contributed by atoms with Gasteiger partial charge in [0.15, 0.2) is 0 Å². The molecule has 0 aromatic rings. The first-order valence-corrected chi connectivity index (χ1v) is 6.82. The topological polar surface area (TPSA) is 73.2 Å². The summed E-state index contributed by atoms with van der Waals surface area (Å²) in [4.78, 5) is 2.04. The average Bonchev–Trinajstić information content (AvgIpc) is 2.21. The third kappa shape index (κ3) is 4.16. The van der Waals surface area contributed by atoms with Crippen LogP contribution in [0.25, 0.3) is 0 Å². The van der Waals surface area contributed by atoms with Crippen molar-refractivity contribution in [2.75, 3.05) is 25.4 Å². The molecule has 0 radical (unpaired) electrons. The number of nitrogens with one attached hydrogen (secondary N) is 1. The number of hydrogen-bond donors (Lipinski definition) is 1. The van der Waals surface area contributed by atoms with Crippen molar-refractivity contribution in [1.82, 2.24) is 9.62 Å². The Labute approximate surface area is 91.1 Å². The van der Waals surface area contributed by atoms with Gasteiger partial charge in [0.1, 0.15) is 0 Å². The Balaban J connectivity index is 2.36. The van der Waals surface area contributed by atoms with E-state index in [0.717, 1.165) is 25.9 Å². The molecule has 0 amide bonds. The van der Waals surface area contributed by atoms with Crippen LogP contribution in [0.5, 0.6) is 0 Å². The molecule has 0 atom stereocenters. The van der Waals surface area contributed by atoms with Crippen molar-refractivity contribution in [1.29, 1.82) is 5.26 Å². The Morgan fingerprint density at radius 1 is 1.47 bits per heavy atom. The average molecular weight is 231 g/mol. The van der Waals surface area contributed by atoms with E-state index in [-0.39, 0.29) is 11.8 Å². The molecule has 0 saturated carbocycles. The molecule has 1 N–H and O–H groups in total. The van der Waals surface area contributed by atoms with Crippen molar-refractivity contribution in [3.05, 3.63) is 0 Å². The van der Waals surface area contributed by atoms with Crippen LogP contribution < -0.4 is 4.72 Å². The highest BCUT2D eigenvalue weighted by atomic mass is 32.2. The largest absolute Gasteiger partial charge is 0.290 e. The quantitative estimate of drug-likeness (QED) is 0.686. The molecule has 0 aromatic heterocycles. The molecule has 5 nitrogen and oxygen atoms in total. The zero-order valence-electron chi connectivity index (χ0n) is 8.94. The lowest BCUT2D eigenvalue weighted by molar-refractivity contribution is 0.229. The first-order valence-electron chi connectivity index (χ1n) is 5.16. The molecule has 1 aliphatic heterocycles. The second-order valence-corrected chi connectivity index (χ2v) is 5.77. The Hall–Kier alpha value is -0.640. The number of sulfonamides is 1. The van der Waals surface area contributed by atoms with Crippen LogP contribution in [-0.2, 0) is 10.0 Å². The molecule has 0 bridgehead atoms. The smallest absolute Gasteiger partial charge is 0.211 e. The number of piperidine rings is 1. The summed E-state index contributed by atoms with van der Waals surface area (Å²) in [6.07, 6.45) is 1.59. The fraction of sp³-hybridized carbons (Fsp3) is 0.889. The summed E-state index contributed by atoms with van der Waals surface area (Å²) >= 11 is 0. The van der Waals surface area contributed by atoms with Crippen LogP contribution in [0.2, 0.25) is 0 Å². The van der Waals surface area contributed by atoms with E-state index in [2.05, 4.69) is 10.8 Å². The molecule has 1 saturated heterocycles. The molecule has 1 rings (SSSR count). The third-order valence-electron chi connectivity index (χ3n) is 2.61. The van der Waals surface area contributed by atoms with E-state index in [1.807, 2.05) is 4.90 Å². The van der Waals surface area contributed by atoms with Crippen LogP contribution >= 0.6 is 0 Å². The number of likely N-dealkylation sites (tertiary alicyclic amines) is 1. The maximum Gasteiger partial charge on any atom is 0.211 e. The molecular formula is C9H17N3O2S. The summed E-state index contributed by atoms with van der Waals surface area (Å²) in [5, 5.41) is 8.51. The third-order valence-corrected chi connectivity index (χ3v) is 4.06. The van der Waals surface area contributed by atoms with Crippen molar-refractivity contribution < 1.29 is 8.42 Å². The Morgan fingerprint density at radius 3 is 2.53 bits per heavy atom. The van der Waals surface area contributed by atoms with Crippen LogP contribution in [0.4, 0.5) is 0 Å². The van der Waals surface area contributed by atoms with E-state index in [0.29, 0.717) is 6.54 Å². The van der Waals surface area contributed by atoms with Crippen molar-refractivity contribution in [2.45, 2.75) is 25.8 Å². The summed E-state index contributed by atoms with van der Waals surface area (Å²) in [5.74, 6) is 0.130. The molecule has 0 spiro atoms. The summed E-state index contributed by atoms with van der Waals surface area (Å²) in [6, 6.07) is 2.15. The zero-order chi connectivity index (χ0) is 11.3. The van der Waals surface area contributed by atoms with Gasteiger partial charge in [-0.1, -0.05) is 0 Å². The number of rotatable bonds is 4. The predicted molar refractivity (Wildman–Crippen MR) is 57.7 cm³/mol. The fourth-order valence-electron chi connectivity index (χ4n) is 1.65. The monoisotopic (exact) mass is 231 g/mol. The van der Waals surface area contributed by atoms with Gasteiger partial charge >= 0.3 is 0 Å². The normalized spacial score (nSPS) is 20.0. The fourth-order valence-corrected chi connectivity index (χ4v) is 2.56. The molecule has 1 heterocycles. The van der Waals surface area contributed by atoms with Gasteiger partial charge in [-0.15, -0.1) is 0 Å². The van der Waals surface area contributed by atoms with Gasteiger partial charge in [0.25, 0.3) is 0 Å². The highest BCUT2D eigenvalue weighted by Crippen LogP contribution is 2.10. The van der Waals surface area contributed by atoms with Crippen molar-refractivity contribution in [3.8, 4) is 6.07 Å². The standard InChI is InChI=1S/C9H17N3O2S/c1-2-15(13,14)11-9-3-6-12(7-4-9)8-5-10/h9,11H,2-4,6-8H2,1H3. The number of hydrogen-bond acceptors (Lipinski definition) is 4. The highest BCUT2D eigenvalue weighted by Gasteiger charge is 2.22. The zero-order valence-corrected chi connectivity index (χ0v) is 9.76. The van der Waals surface area contributed by atoms with E-state index < -0.39 is 10.0 Å². The van der Waals surface area contributed by atoms with Crippen molar-refractivity contribution in [2.24, 2.45) is 0 Å². The minimum absolute atomic E-state index is 0.0462. The van der Waals surface area contributed by atoms with Gasteiger partial charge in [0.2, 0.25) is 10.0 Å². The Bertz CT molecular complexity index is 326. The summed E-state index contributed by atoms with van der Waals surface area (Å²) in [7, 11) is -3.08. The Kier molecular flexibility index (Phi) is 4.51. The Morgan fingerprint density at radius 2 is 2.07 bits per heavy atom. The lowest BCUT2D eigenvalue weighted by Gasteiger charge is -2.30. The number of nitriles is 1. The SMILES string of the molecule is CCS(=O)(=O)NC1CCN(CC#N)CC1. The lowest BCUT2D eigenvalue weighted by Crippen LogP contribution is -2.45. The second kappa shape index (κ2) is 5.45. The number of nitrogens with zero attached hydrogens (tertiary/aromatic N) is 2. The van der Waals surface area contributed by atoms with Crippen LogP contribution in [0, 0.1) is 11.3 Å². The van der Waals surface area contributed by atoms with Crippen molar-refractivity contribution in [3.63, 3.8) is 0 Å². The highest BCUT2D eigenvalue weighted by molar-refractivity contribution is 7.89. The van der Waals surface area contributed by atoms with Crippen LogP contribution in [-0.4, -0.2) is 44.7 Å². The van der Waals surface area contributed by atoms with E-state index in [9.17, 15) is 8.42 Å². The first kappa shape index (κ1) is 12.4. The van der Waals surface area contributed by atoms with Crippen LogP contribution in [0.15, 0.2) is 0 Å². The molecule has 0 aromatic carbocycles. The molecular weight excluding hydrogens is 214 g/mol. The van der Waals surface area contributed by atoms with Gasteiger partial charge in [-0.05, 0) is 19.8 Å². The first-order chi connectivity index (χ1) is 7.07. The maximum atomic E-state index is 11.3. The lowest BCUT2D eigenvalue weighted by atomic mass is 10.1. The van der Waals surface area contributed by atoms with Crippen molar-refractivity contribution >= 4 is 10.0 Å². The molecule has 1 fully saturated rings. The molecule has 0 unspecified atom stereocenters. The van der Waals surface area contributed by atoms with Gasteiger partial charge in [0, 0.05) is 19.1 Å². The van der Waals surface area contributed by atoms with Crippen LogP contribution in [0.3, 0.4) is 0 Å². The minimum atomic E-state index is -3.08. The van der Waals surface area contributed by atoms with Gasteiger partial charge < -0.3 is 0 Å². The molecule has 0 aliphatic carbocycles. The van der Waals surface area contributed by atoms with E-state index in [1.54, 1.807) is 6.92 Å². The summed E-state index contributed by atoms with van der Waals surface area (Å²) in [6.45, 7) is 3.66. The molecule has 6 heteroatoms. The predicted octanol–water partition coefficient (Wildman–Crippen LogP) is -0.0863. The second-order valence-electron chi connectivity index (χ2n) is 3.73. The van der Waals surface area contributed by atoms with E-state index >= 15 is 0 Å². The van der Waals surface area contributed by atoms with Gasteiger partial charge in [0.05, 0.1) is 18.4 Å². The molecule has 1 aliphatic rings. The maximum absolute atomic E-state index is 11.3. The van der Waals surface area contributed by atoms with Crippen LogP contribution in [0.1, 0.15) is 19.8 Å². The van der Waals surface area contributed by atoms with Gasteiger partial charge in [-0.25, -0.2) is 13.1 Å². The van der Waals surface area contributed by atoms with Gasteiger partial charge in [-0.2, -0.15) is 5.26 Å². The minimum Gasteiger partial charge on any atom is -0.290 e. The van der Waals surface area contributed by atoms with E-state index in [4.69, 9.17) is 5.26 Å². The molecule has 86 valence electrons. The van der Waals surface area contributed by atoms with E-state index in [1.165, 1.54) is 0 Å².